The number of nitrogens with one attached hydrogen (secondary N) is 1. The second-order valence-electron chi connectivity index (χ2n) is 8.12. The lowest BCUT2D eigenvalue weighted by Gasteiger charge is -2.13. The molecule has 0 spiro atoms. The van der Waals surface area contributed by atoms with Gasteiger partial charge in [0.2, 0.25) is 5.88 Å². The molecule has 3 N–H and O–H groups in total. The number of nitrogens with zero attached hydrogens (tertiary/aromatic N) is 2. The highest BCUT2D eigenvalue weighted by molar-refractivity contribution is 7.86. The Morgan fingerprint density at radius 3 is 2.41 bits per heavy atom. The minimum absolute atomic E-state index is 0.0611. The smallest absolute Gasteiger partial charge is 0.408 e. The van der Waals surface area contributed by atoms with Gasteiger partial charge in [-0.05, 0) is 36.2 Å². The normalized spacial score (nSPS) is 11.9. The first kappa shape index (κ1) is 28.2. The summed E-state index contributed by atoms with van der Waals surface area (Å²) in [6.45, 7) is -0.0358. The first-order valence-corrected chi connectivity index (χ1v) is 12.7. The van der Waals surface area contributed by atoms with Gasteiger partial charge in [0.1, 0.15) is 18.0 Å². The number of anilines is 1. The van der Waals surface area contributed by atoms with E-state index in [4.69, 9.17) is 9.84 Å². The first-order valence-electron chi connectivity index (χ1n) is 11.3. The van der Waals surface area contributed by atoms with Crippen molar-refractivity contribution in [3.05, 3.63) is 70.9 Å². The minimum Gasteiger partial charge on any atom is -0.475 e. The standard InChI is InChI=1S/C24H26F3N3O6S/c1-2-5-20-19(23(36-13-12-31)30(29-20)15-24(25,26)27)14-16-8-10-17(11-9-16)28-22(32)18-6-3-4-7-21(18)37(33,34)35/h3-4,6-11,31H,2,5,12-15H2,1H3,(H,28,32)(H,33,34,35). The van der Waals surface area contributed by atoms with Crippen LogP contribution in [-0.4, -0.2) is 53.2 Å². The molecule has 0 fully saturated rings. The number of aliphatic hydroxyl groups is 1. The quantitative estimate of drug-likeness (QED) is 0.314. The maximum Gasteiger partial charge on any atom is 0.408 e. The molecule has 0 saturated carbocycles. The minimum atomic E-state index is -4.61. The molecule has 0 aliphatic heterocycles. The number of alkyl halides is 3. The average Bonchev–Trinajstić information content (AvgIpc) is 3.12. The number of halogens is 3. The lowest BCUT2D eigenvalue weighted by molar-refractivity contribution is -0.143. The largest absolute Gasteiger partial charge is 0.475 e. The van der Waals surface area contributed by atoms with Crippen molar-refractivity contribution in [2.45, 2.75) is 43.8 Å². The van der Waals surface area contributed by atoms with E-state index in [1.54, 1.807) is 24.3 Å². The van der Waals surface area contributed by atoms with Crippen molar-refractivity contribution in [2.75, 3.05) is 18.5 Å². The van der Waals surface area contributed by atoms with Crippen molar-refractivity contribution in [2.24, 2.45) is 0 Å². The van der Waals surface area contributed by atoms with Crippen molar-refractivity contribution in [1.82, 2.24) is 9.78 Å². The van der Waals surface area contributed by atoms with Crippen molar-refractivity contribution in [3.63, 3.8) is 0 Å². The molecule has 1 amide bonds. The van der Waals surface area contributed by atoms with Crippen LogP contribution in [0.3, 0.4) is 0 Å². The number of rotatable bonds is 11. The fraction of sp³-hybridized carbons (Fsp3) is 0.333. The van der Waals surface area contributed by atoms with E-state index in [0.717, 1.165) is 10.7 Å². The van der Waals surface area contributed by atoms with Gasteiger partial charge in [0.25, 0.3) is 16.0 Å². The summed E-state index contributed by atoms with van der Waals surface area (Å²) in [7, 11) is -4.61. The highest BCUT2D eigenvalue weighted by atomic mass is 32.2. The number of hydrogen-bond acceptors (Lipinski definition) is 6. The molecule has 0 bridgehead atoms. The summed E-state index contributed by atoms with van der Waals surface area (Å²) in [5.41, 5.74) is 1.71. The monoisotopic (exact) mass is 541 g/mol. The highest BCUT2D eigenvalue weighted by Gasteiger charge is 2.32. The number of amides is 1. The molecular formula is C24H26F3N3O6S. The van der Waals surface area contributed by atoms with Crippen molar-refractivity contribution < 1.29 is 40.8 Å². The van der Waals surface area contributed by atoms with E-state index in [1.165, 1.54) is 18.2 Å². The topological polar surface area (TPSA) is 131 Å². The molecule has 0 radical (unpaired) electrons. The van der Waals surface area contributed by atoms with E-state index in [-0.39, 0.29) is 31.1 Å². The van der Waals surface area contributed by atoms with Gasteiger partial charge in [0.15, 0.2) is 0 Å². The third kappa shape index (κ3) is 7.54. The molecule has 0 aliphatic carbocycles. The highest BCUT2D eigenvalue weighted by Crippen LogP contribution is 2.30. The number of aliphatic hydroxyl groups excluding tert-OH is 1. The van der Waals surface area contributed by atoms with E-state index in [2.05, 4.69) is 10.4 Å². The molecule has 9 nitrogen and oxygen atoms in total. The predicted molar refractivity (Wildman–Crippen MR) is 128 cm³/mol. The molecular weight excluding hydrogens is 515 g/mol. The summed E-state index contributed by atoms with van der Waals surface area (Å²) < 4.78 is 78.0. The van der Waals surface area contributed by atoms with Crippen LogP contribution >= 0.6 is 0 Å². The third-order valence-corrected chi connectivity index (χ3v) is 6.14. The summed E-state index contributed by atoms with van der Waals surface area (Å²) >= 11 is 0. The van der Waals surface area contributed by atoms with E-state index in [0.29, 0.717) is 35.3 Å². The van der Waals surface area contributed by atoms with Crippen molar-refractivity contribution >= 4 is 21.7 Å². The Bertz CT molecular complexity index is 1340. The zero-order valence-electron chi connectivity index (χ0n) is 19.8. The number of benzene rings is 2. The van der Waals surface area contributed by atoms with Gasteiger partial charge in [0, 0.05) is 17.7 Å². The average molecular weight is 542 g/mol. The first-order chi connectivity index (χ1) is 17.4. The molecule has 37 heavy (non-hydrogen) atoms. The maximum atomic E-state index is 13.1. The lowest BCUT2D eigenvalue weighted by atomic mass is 10.0. The van der Waals surface area contributed by atoms with Crippen LogP contribution in [0.5, 0.6) is 5.88 Å². The SMILES string of the molecule is CCCc1nn(CC(F)(F)F)c(OCCO)c1Cc1ccc(NC(=O)c2ccccc2S(=O)(=O)O)cc1. The fourth-order valence-corrected chi connectivity index (χ4v) is 4.40. The van der Waals surface area contributed by atoms with Crippen LogP contribution < -0.4 is 10.1 Å². The number of aromatic nitrogens is 2. The van der Waals surface area contributed by atoms with Crippen LogP contribution in [0.1, 0.15) is 40.5 Å². The zero-order chi connectivity index (χ0) is 27.2. The van der Waals surface area contributed by atoms with Crippen LogP contribution in [0.2, 0.25) is 0 Å². The number of carbonyl (C=O) groups is 1. The van der Waals surface area contributed by atoms with Crippen LogP contribution in [0.25, 0.3) is 0 Å². The molecule has 200 valence electrons. The second-order valence-corrected chi connectivity index (χ2v) is 9.51. The fourth-order valence-electron chi connectivity index (χ4n) is 3.71. The van der Waals surface area contributed by atoms with Crippen LogP contribution in [0.15, 0.2) is 53.4 Å². The van der Waals surface area contributed by atoms with Crippen LogP contribution in [0.4, 0.5) is 18.9 Å². The van der Waals surface area contributed by atoms with E-state index in [9.17, 15) is 30.9 Å². The van der Waals surface area contributed by atoms with E-state index < -0.39 is 33.6 Å². The maximum absolute atomic E-state index is 13.1. The molecule has 3 aromatic rings. The third-order valence-electron chi connectivity index (χ3n) is 5.23. The molecule has 3 rings (SSSR count). The molecule has 1 aromatic heterocycles. The zero-order valence-corrected chi connectivity index (χ0v) is 20.6. The number of hydrogen-bond donors (Lipinski definition) is 3. The Balaban J connectivity index is 1.85. The van der Waals surface area contributed by atoms with Gasteiger partial charge in [-0.25, -0.2) is 4.68 Å². The Morgan fingerprint density at radius 2 is 1.81 bits per heavy atom. The van der Waals surface area contributed by atoms with Gasteiger partial charge in [-0.2, -0.15) is 26.7 Å². The number of aryl methyl sites for hydroxylation is 1. The number of ether oxygens (including phenoxy) is 1. The number of carbonyl (C=O) groups excluding carboxylic acids is 1. The summed E-state index contributed by atoms with van der Waals surface area (Å²) in [4.78, 5) is 12.1. The molecule has 0 unspecified atom stereocenters. The van der Waals surface area contributed by atoms with E-state index in [1.807, 2.05) is 6.92 Å². The molecule has 0 atom stereocenters. The lowest BCUT2D eigenvalue weighted by Crippen LogP contribution is -2.20. The van der Waals surface area contributed by atoms with Crippen LogP contribution in [-0.2, 0) is 29.5 Å². The van der Waals surface area contributed by atoms with Crippen molar-refractivity contribution in [3.8, 4) is 5.88 Å². The second kappa shape index (κ2) is 11.8. The Kier molecular flexibility index (Phi) is 8.94. The predicted octanol–water partition coefficient (Wildman–Crippen LogP) is 3.86. The van der Waals surface area contributed by atoms with E-state index >= 15 is 0 Å². The summed E-state index contributed by atoms with van der Waals surface area (Å²) in [5, 5.41) is 15.8. The molecule has 1 heterocycles. The summed E-state index contributed by atoms with van der Waals surface area (Å²) in [6, 6.07) is 11.6. The van der Waals surface area contributed by atoms with Gasteiger partial charge >= 0.3 is 6.18 Å². The Morgan fingerprint density at radius 1 is 1.14 bits per heavy atom. The Hall–Kier alpha value is -3.42. The van der Waals surface area contributed by atoms with Crippen molar-refractivity contribution in [1.29, 1.82) is 0 Å². The summed E-state index contributed by atoms with van der Waals surface area (Å²) in [5.74, 6) is -0.812. The van der Waals surface area contributed by atoms with Gasteiger partial charge in [-0.3, -0.25) is 9.35 Å². The molecule has 0 saturated heterocycles. The summed E-state index contributed by atoms with van der Waals surface area (Å²) in [6.07, 6.45) is -3.26. The van der Waals surface area contributed by atoms with Gasteiger partial charge in [-0.1, -0.05) is 37.6 Å². The molecule has 13 heteroatoms. The molecule has 0 aliphatic rings. The van der Waals surface area contributed by atoms with Gasteiger partial charge in [-0.15, -0.1) is 0 Å². The van der Waals surface area contributed by atoms with Gasteiger partial charge < -0.3 is 15.2 Å². The van der Waals surface area contributed by atoms with Crippen LogP contribution in [0, 0.1) is 0 Å². The van der Waals surface area contributed by atoms with Gasteiger partial charge in [0.05, 0.1) is 17.9 Å². The molecule has 2 aromatic carbocycles. The Labute approximate surface area is 211 Å².